The minimum absolute atomic E-state index is 0.101. The Morgan fingerprint density at radius 3 is 2.67 bits per heavy atom. The van der Waals surface area contributed by atoms with Gasteiger partial charge in [0, 0.05) is 19.6 Å². The molecular formula is C21H31N5O3S. The minimum atomic E-state index is -0.345. The average Bonchev–Trinajstić information content (AvgIpc) is 3.10. The normalized spacial score (nSPS) is 15.3. The Morgan fingerprint density at radius 2 is 2.00 bits per heavy atom. The number of hydrogen-bond donors (Lipinski definition) is 1. The van der Waals surface area contributed by atoms with E-state index in [2.05, 4.69) is 38.8 Å². The molecule has 1 N–H and O–H groups in total. The third-order valence-corrected chi connectivity index (χ3v) is 5.88. The number of amides is 1. The van der Waals surface area contributed by atoms with Crippen molar-refractivity contribution in [2.45, 2.75) is 44.6 Å². The smallest absolute Gasteiger partial charge is 0.237 e. The van der Waals surface area contributed by atoms with Crippen LogP contribution in [0.4, 0.5) is 11.6 Å². The molecule has 3 rings (SSSR count). The van der Waals surface area contributed by atoms with Gasteiger partial charge in [-0.05, 0) is 37.5 Å². The predicted molar refractivity (Wildman–Crippen MR) is 120 cm³/mol. The van der Waals surface area contributed by atoms with E-state index in [1.807, 2.05) is 32.0 Å². The zero-order valence-corrected chi connectivity index (χ0v) is 19.2. The number of hydrogen-bond acceptors (Lipinski definition) is 7. The van der Waals surface area contributed by atoms with Gasteiger partial charge in [-0.25, -0.2) is 0 Å². The number of nitrogens with one attached hydrogen (secondary N) is 1. The zero-order chi connectivity index (χ0) is 21.7. The molecular weight excluding hydrogens is 402 g/mol. The predicted octanol–water partition coefficient (Wildman–Crippen LogP) is 3.21. The number of thioether (sulfide) groups is 1. The number of aryl methyl sites for hydroxylation is 1. The van der Waals surface area contributed by atoms with Crippen LogP contribution in [-0.4, -0.2) is 59.3 Å². The van der Waals surface area contributed by atoms with E-state index in [9.17, 15) is 4.79 Å². The lowest BCUT2D eigenvalue weighted by molar-refractivity contribution is -0.115. The average molecular weight is 434 g/mol. The number of carbonyl (C=O) groups is 1. The molecule has 30 heavy (non-hydrogen) atoms. The Balaban J connectivity index is 1.75. The standard InChI is InChI=1S/C21H31N5O3S/c1-14(2)13-26-20(25-8-10-29-11-9-25)23-24-21(26)30-16(4)19(27)22-17-12-15(3)6-7-18(17)28-5/h6-7,12,14,16H,8-11,13H2,1-5H3,(H,22,27). The molecule has 0 bridgehead atoms. The Bertz CT molecular complexity index is 864. The highest BCUT2D eigenvalue weighted by Gasteiger charge is 2.24. The summed E-state index contributed by atoms with van der Waals surface area (Å²) in [5, 5.41) is 12.2. The van der Waals surface area contributed by atoms with Crippen molar-refractivity contribution in [2.75, 3.05) is 43.6 Å². The fraction of sp³-hybridized carbons (Fsp3) is 0.571. The molecule has 0 radical (unpaired) electrons. The number of benzene rings is 1. The molecule has 1 aromatic heterocycles. The van der Waals surface area contributed by atoms with Crippen molar-refractivity contribution in [2.24, 2.45) is 5.92 Å². The summed E-state index contributed by atoms with van der Waals surface area (Å²) in [6, 6.07) is 5.72. The van der Waals surface area contributed by atoms with E-state index in [1.165, 1.54) is 11.8 Å². The van der Waals surface area contributed by atoms with Crippen LogP contribution >= 0.6 is 11.8 Å². The van der Waals surface area contributed by atoms with E-state index in [0.717, 1.165) is 36.3 Å². The van der Waals surface area contributed by atoms with E-state index in [1.54, 1.807) is 7.11 Å². The van der Waals surface area contributed by atoms with Gasteiger partial charge in [0.05, 0.1) is 31.3 Å². The van der Waals surface area contributed by atoms with Gasteiger partial charge in [0.25, 0.3) is 0 Å². The van der Waals surface area contributed by atoms with Gasteiger partial charge in [0.15, 0.2) is 5.16 Å². The van der Waals surface area contributed by atoms with Crippen molar-refractivity contribution in [3.63, 3.8) is 0 Å². The Hall–Kier alpha value is -2.26. The summed E-state index contributed by atoms with van der Waals surface area (Å²) in [5.74, 6) is 1.82. The van der Waals surface area contributed by atoms with Crippen molar-refractivity contribution < 1.29 is 14.3 Å². The Labute approximate surface area is 182 Å². The lowest BCUT2D eigenvalue weighted by atomic mass is 10.2. The quantitative estimate of drug-likeness (QED) is 0.640. The Kier molecular flexibility index (Phi) is 7.60. The number of methoxy groups -OCH3 is 1. The van der Waals surface area contributed by atoms with Crippen LogP contribution in [0.2, 0.25) is 0 Å². The van der Waals surface area contributed by atoms with Gasteiger partial charge in [0.1, 0.15) is 5.75 Å². The maximum Gasteiger partial charge on any atom is 0.237 e. The van der Waals surface area contributed by atoms with E-state index in [-0.39, 0.29) is 11.2 Å². The third-order valence-electron chi connectivity index (χ3n) is 4.80. The SMILES string of the molecule is COc1ccc(C)cc1NC(=O)C(C)Sc1nnc(N2CCOCC2)n1CC(C)C. The molecule has 0 spiro atoms. The summed E-state index contributed by atoms with van der Waals surface area (Å²) in [5.41, 5.74) is 1.73. The van der Waals surface area contributed by atoms with Gasteiger partial charge < -0.3 is 19.7 Å². The maximum atomic E-state index is 12.9. The fourth-order valence-electron chi connectivity index (χ4n) is 3.26. The molecule has 1 fully saturated rings. The van der Waals surface area contributed by atoms with Gasteiger partial charge in [-0.2, -0.15) is 0 Å². The zero-order valence-electron chi connectivity index (χ0n) is 18.3. The molecule has 0 saturated carbocycles. The second-order valence-corrected chi connectivity index (χ2v) is 9.15. The van der Waals surface area contributed by atoms with Crippen LogP contribution in [0.25, 0.3) is 0 Å². The molecule has 1 aromatic carbocycles. The van der Waals surface area contributed by atoms with Crippen LogP contribution in [-0.2, 0) is 16.1 Å². The molecule has 1 amide bonds. The van der Waals surface area contributed by atoms with E-state index in [4.69, 9.17) is 9.47 Å². The number of ether oxygens (including phenoxy) is 2. The molecule has 1 saturated heterocycles. The second kappa shape index (κ2) is 10.2. The van der Waals surface area contributed by atoms with Gasteiger partial charge in [-0.3, -0.25) is 9.36 Å². The third kappa shape index (κ3) is 5.46. The van der Waals surface area contributed by atoms with Crippen LogP contribution in [0.1, 0.15) is 26.3 Å². The van der Waals surface area contributed by atoms with Crippen molar-refractivity contribution in [1.29, 1.82) is 0 Å². The fourth-order valence-corrected chi connectivity index (χ4v) is 4.11. The first kappa shape index (κ1) is 22.4. The van der Waals surface area contributed by atoms with Gasteiger partial charge in [-0.15, -0.1) is 10.2 Å². The van der Waals surface area contributed by atoms with E-state index >= 15 is 0 Å². The maximum absolute atomic E-state index is 12.9. The summed E-state index contributed by atoms with van der Waals surface area (Å²) < 4.78 is 13.0. The van der Waals surface area contributed by atoms with E-state index in [0.29, 0.717) is 30.6 Å². The number of rotatable bonds is 8. The van der Waals surface area contributed by atoms with Gasteiger partial charge in [0.2, 0.25) is 11.9 Å². The highest BCUT2D eigenvalue weighted by Crippen LogP contribution is 2.30. The molecule has 2 aromatic rings. The van der Waals surface area contributed by atoms with Crippen LogP contribution in [0.5, 0.6) is 5.75 Å². The van der Waals surface area contributed by atoms with Crippen LogP contribution in [0.15, 0.2) is 23.4 Å². The topological polar surface area (TPSA) is 81.5 Å². The summed E-state index contributed by atoms with van der Waals surface area (Å²) in [6.07, 6.45) is 0. The monoisotopic (exact) mass is 433 g/mol. The number of nitrogens with zero attached hydrogens (tertiary/aromatic N) is 4. The highest BCUT2D eigenvalue weighted by atomic mass is 32.2. The van der Waals surface area contributed by atoms with Crippen LogP contribution in [0, 0.1) is 12.8 Å². The lowest BCUT2D eigenvalue weighted by Crippen LogP contribution is -2.38. The molecule has 164 valence electrons. The summed E-state index contributed by atoms with van der Waals surface area (Å²) in [4.78, 5) is 15.1. The van der Waals surface area contributed by atoms with Gasteiger partial charge >= 0.3 is 0 Å². The second-order valence-electron chi connectivity index (χ2n) is 7.84. The summed E-state index contributed by atoms with van der Waals surface area (Å²) in [6.45, 7) is 12.0. The summed E-state index contributed by atoms with van der Waals surface area (Å²) in [7, 11) is 1.60. The minimum Gasteiger partial charge on any atom is -0.495 e. The van der Waals surface area contributed by atoms with Crippen LogP contribution < -0.4 is 15.0 Å². The Morgan fingerprint density at radius 1 is 1.27 bits per heavy atom. The summed E-state index contributed by atoms with van der Waals surface area (Å²) >= 11 is 1.42. The molecule has 0 aliphatic carbocycles. The molecule has 9 heteroatoms. The van der Waals surface area contributed by atoms with Crippen molar-refractivity contribution in [1.82, 2.24) is 14.8 Å². The number of carbonyl (C=O) groups excluding carboxylic acids is 1. The molecule has 1 aliphatic rings. The number of aromatic nitrogens is 3. The van der Waals surface area contributed by atoms with Gasteiger partial charge in [-0.1, -0.05) is 31.7 Å². The first-order valence-electron chi connectivity index (χ1n) is 10.3. The molecule has 1 aliphatic heterocycles. The number of morpholine rings is 1. The van der Waals surface area contributed by atoms with Crippen molar-refractivity contribution in [3.8, 4) is 5.75 Å². The molecule has 1 atom stereocenters. The largest absolute Gasteiger partial charge is 0.495 e. The molecule has 1 unspecified atom stereocenters. The molecule has 2 heterocycles. The van der Waals surface area contributed by atoms with E-state index < -0.39 is 0 Å². The molecule has 8 nitrogen and oxygen atoms in total. The lowest BCUT2D eigenvalue weighted by Gasteiger charge is -2.28. The highest BCUT2D eigenvalue weighted by molar-refractivity contribution is 8.00. The number of anilines is 2. The van der Waals surface area contributed by atoms with Crippen molar-refractivity contribution in [3.05, 3.63) is 23.8 Å². The van der Waals surface area contributed by atoms with Crippen molar-refractivity contribution >= 4 is 29.3 Å². The first-order chi connectivity index (χ1) is 14.4. The first-order valence-corrected chi connectivity index (χ1v) is 11.1. The van der Waals surface area contributed by atoms with Crippen LogP contribution in [0.3, 0.4) is 0 Å².